The van der Waals surface area contributed by atoms with Crippen LogP contribution in [0.3, 0.4) is 0 Å². The van der Waals surface area contributed by atoms with Crippen molar-refractivity contribution in [3.8, 4) is 0 Å². The van der Waals surface area contributed by atoms with Gasteiger partial charge in [-0.1, -0.05) is 30.3 Å². The highest BCUT2D eigenvalue weighted by Gasteiger charge is 2.26. The first kappa shape index (κ1) is 13.8. The zero-order valence-corrected chi connectivity index (χ0v) is 11.8. The number of aryl methyl sites for hydroxylation is 1. The summed E-state index contributed by atoms with van der Waals surface area (Å²) in [6, 6.07) is 11.6. The van der Waals surface area contributed by atoms with Crippen molar-refractivity contribution in [2.75, 3.05) is 6.54 Å². The number of aromatic nitrogens is 1. The van der Waals surface area contributed by atoms with Crippen molar-refractivity contribution < 1.29 is 9.90 Å². The lowest BCUT2D eigenvalue weighted by Gasteiger charge is -2.32. The Balaban J connectivity index is 1.64. The Hall–Kier alpha value is -2.20. The molecule has 1 aliphatic heterocycles. The molecule has 1 aromatic heterocycles. The van der Waals surface area contributed by atoms with E-state index in [1.54, 1.807) is 17.3 Å². The third-order valence-electron chi connectivity index (χ3n) is 3.87. The molecule has 1 aliphatic rings. The summed E-state index contributed by atoms with van der Waals surface area (Å²) in [6.07, 6.45) is 4.05. The van der Waals surface area contributed by atoms with Gasteiger partial charge in [-0.05, 0) is 29.2 Å². The predicted octanol–water partition coefficient (Wildman–Crippen LogP) is 2.09. The first-order valence-corrected chi connectivity index (χ1v) is 7.16. The summed E-state index contributed by atoms with van der Waals surface area (Å²) >= 11 is 0. The van der Waals surface area contributed by atoms with Crippen LogP contribution in [0.4, 0.5) is 0 Å². The number of rotatable bonds is 3. The van der Waals surface area contributed by atoms with Gasteiger partial charge in [0.1, 0.15) is 0 Å². The molecule has 0 spiro atoms. The minimum absolute atomic E-state index is 0.0763. The van der Waals surface area contributed by atoms with Gasteiger partial charge in [-0.2, -0.15) is 0 Å². The number of hydrogen-bond donors (Lipinski definition) is 1. The molecule has 0 saturated heterocycles. The third-order valence-corrected chi connectivity index (χ3v) is 3.87. The Kier molecular flexibility index (Phi) is 3.97. The highest BCUT2D eigenvalue weighted by molar-refractivity contribution is 5.76. The van der Waals surface area contributed by atoms with E-state index in [0.29, 0.717) is 25.9 Å². The van der Waals surface area contributed by atoms with Crippen LogP contribution in [-0.2, 0) is 17.8 Å². The number of β-amino-alcohol motifs (C(OH)–C–C–N with tert-alkyl or cyclic N) is 1. The maximum absolute atomic E-state index is 12.3. The van der Waals surface area contributed by atoms with Gasteiger partial charge in [-0.25, -0.2) is 0 Å². The fourth-order valence-corrected chi connectivity index (χ4v) is 2.73. The Morgan fingerprint density at radius 2 is 2.14 bits per heavy atom. The zero-order chi connectivity index (χ0) is 14.7. The molecule has 1 atom stereocenters. The van der Waals surface area contributed by atoms with Gasteiger partial charge >= 0.3 is 0 Å². The van der Waals surface area contributed by atoms with Crippen LogP contribution in [0.1, 0.15) is 29.2 Å². The Morgan fingerprint density at radius 3 is 2.95 bits per heavy atom. The second-order valence-corrected chi connectivity index (χ2v) is 5.35. The van der Waals surface area contributed by atoms with E-state index < -0.39 is 6.10 Å². The summed E-state index contributed by atoms with van der Waals surface area (Å²) in [5.74, 6) is 0.0763. The molecule has 1 amide bonds. The van der Waals surface area contributed by atoms with E-state index in [1.165, 1.54) is 0 Å². The van der Waals surface area contributed by atoms with E-state index in [2.05, 4.69) is 4.98 Å². The van der Waals surface area contributed by atoms with E-state index in [1.807, 2.05) is 36.4 Å². The summed E-state index contributed by atoms with van der Waals surface area (Å²) in [4.78, 5) is 18.1. The first-order valence-electron chi connectivity index (χ1n) is 7.16. The molecule has 0 fully saturated rings. The standard InChI is InChI=1S/C17H18N2O2/c20-16-12-19(11-14-5-1-2-6-15(14)16)17(21)8-7-13-4-3-9-18-10-13/h1-6,9-10,16,20H,7-8,11-12H2/t16-/m0/s1. The van der Waals surface area contributed by atoms with Crippen LogP contribution in [0.5, 0.6) is 0 Å². The number of nitrogens with zero attached hydrogens (tertiary/aromatic N) is 2. The topological polar surface area (TPSA) is 53.4 Å². The second kappa shape index (κ2) is 6.06. The summed E-state index contributed by atoms with van der Waals surface area (Å²) in [5, 5.41) is 10.2. The number of aliphatic hydroxyl groups excluding tert-OH is 1. The summed E-state index contributed by atoms with van der Waals surface area (Å²) in [5.41, 5.74) is 3.03. The Bertz CT molecular complexity index is 628. The van der Waals surface area contributed by atoms with Crippen molar-refractivity contribution >= 4 is 5.91 Å². The van der Waals surface area contributed by atoms with Crippen LogP contribution >= 0.6 is 0 Å². The normalized spacial score (nSPS) is 17.4. The number of pyridine rings is 1. The van der Waals surface area contributed by atoms with E-state index in [0.717, 1.165) is 16.7 Å². The largest absolute Gasteiger partial charge is 0.387 e. The molecule has 0 radical (unpaired) electrons. The number of aliphatic hydroxyl groups is 1. The van der Waals surface area contributed by atoms with Crippen molar-refractivity contribution in [3.05, 3.63) is 65.5 Å². The first-order chi connectivity index (χ1) is 10.2. The van der Waals surface area contributed by atoms with E-state index >= 15 is 0 Å². The maximum atomic E-state index is 12.3. The van der Waals surface area contributed by atoms with E-state index in [4.69, 9.17) is 0 Å². The van der Waals surface area contributed by atoms with Crippen molar-refractivity contribution in [2.24, 2.45) is 0 Å². The molecule has 2 heterocycles. The predicted molar refractivity (Wildman–Crippen MR) is 79.4 cm³/mol. The fourth-order valence-electron chi connectivity index (χ4n) is 2.73. The number of fused-ring (bicyclic) bond motifs is 1. The van der Waals surface area contributed by atoms with Crippen LogP contribution < -0.4 is 0 Å². The SMILES string of the molecule is O=C(CCc1cccnc1)N1Cc2ccccc2[C@@H](O)C1. The molecule has 0 unspecified atom stereocenters. The smallest absolute Gasteiger partial charge is 0.223 e. The van der Waals surface area contributed by atoms with Gasteiger partial charge in [0, 0.05) is 25.4 Å². The van der Waals surface area contributed by atoms with E-state index in [9.17, 15) is 9.90 Å². The summed E-state index contributed by atoms with van der Waals surface area (Å²) < 4.78 is 0. The molecule has 1 aromatic carbocycles. The summed E-state index contributed by atoms with van der Waals surface area (Å²) in [6.45, 7) is 0.960. The molecule has 108 valence electrons. The average Bonchev–Trinajstić information content (AvgIpc) is 2.53. The third kappa shape index (κ3) is 3.11. The lowest BCUT2D eigenvalue weighted by molar-refractivity contribution is -0.134. The maximum Gasteiger partial charge on any atom is 0.223 e. The molecule has 21 heavy (non-hydrogen) atoms. The molecule has 1 N–H and O–H groups in total. The minimum Gasteiger partial charge on any atom is -0.387 e. The average molecular weight is 282 g/mol. The Morgan fingerprint density at radius 1 is 1.29 bits per heavy atom. The van der Waals surface area contributed by atoms with E-state index in [-0.39, 0.29) is 5.91 Å². The van der Waals surface area contributed by atoms with Gasteiger partial charge in [0.2, 0.25) is 5.91 Å². The minimum atomic E-state index is -0.586. The Labute approximate surface area is 124 Å². The van der Waals surface area contributed by atoms with Gasteiger partial charge in [0.05, 0.1) is 12.6 Å². The monoisotopic (exact) mass is 282 g/mol. The number of hydrogen-bond acceptors (Lipinski definition) is 3. The molecule has 4 nitrogen and oxygen atoms in total. The lowest BCUT2D eigenvalue weighted by atomic mass is 9.97. The molecule has 4 heteroatoms. The number of amides is 1. The molecule has 0 saturated carbocycles. The molecule has 0 bridgehead atoms. The number of benzene rings is 1. The van der Waals surface area contributed by atoms with Gasteiger partial charge in [0.15, 0.2) is 0 Å². The van der Waals surface area contributed by atoms with Gasteiger partial charge in [-0.15, -0.1) is 0 Å². The van der Waals surface area contributed by atoms with Crippen LogP contribution in [0.15, 0.2) is 48.8 Å². The lowest BCUT2D eigenvalue weighted by Crippen LogP contribution is -2.38. The molecule has 3 rings (SSSR count). The van der Waals surface area contributed by atoms with Crippen molar-refractivity contribution in [3.63, 3.8) is 0 Å². The highest BCUT2D eigenvalue weighted by Crippen LogP contribution is 2.26. The fraction of sp³-hybridized carbons (Fsp3) is 0.294. The van der Waals surface area contributed by atoms with Gasteiger partial charge in [-0.3, -0.25) is 9.78 Å². The van der Waals surface area contributed by atoms with Crippen LogP contribution in [0.25, 0.3) is 0 Å². The van der Waals surface area contributed by atoms with Crippen molar-refractivity contribution in [2.45, 2.75) is 25.5 Å². The zero-order valence-electron chi connectivity index (χ0n) is 11.8. The summed E-state index contributed by atoms with van der Waals surface area (Å²) in [7, 11) is 0. The molecular weight excluding hydrogens is 264 g/mol. The van der Waals surface area contributed by atoms with Gasteiger partial charge in [0.25, 0.3) is 0 Å². The molecule has 0 aliphatic carbocycles. The number of carbonyl (C=O) groups excluding carboxylic acids is 1. The van der Waals surface area contributed by atoms with Crippen LogP contribution in [0, 0.1) is 0 Å². The van der Waals surface area contributed by atoms with Crippen molar-refractivity contribution in [1.29, 1.82) is 0 Å². The number of carbonyl (C=O) groups is 1. The second-order valence-electron chi connectivity index (χ2n) is 5.35. The van der Waals surface area contributed by atoms with Crippen molar-refractivity contribution in [1.82, 2.24) is 9.88 Å². The molecule has 2 aromatic rings. The quantitative estimate of drug-likeness (QED) is 0.938. The highest BCUT2D eigenvalue weighted by atomic mass is 16.3. The van der Waals surface area contributed by atoms with Crippen LogP contribution in [-0.4, -0.2) is 27.4 Å². The van der Waals surface area contributed by atoms with Gasteiger partial charge < -0.3 is 10.0 Å². The molecular formula is C17H18N2O2. The van der Waals surface area contributed by atoms with Crippen LogP contribution in [0.2, 0.25) is 0 Å².